The molecule has 2 rings (SSSR count). The van der Waals surface area contributed by atoms with Crippen LogP contribution in [0.15, 0.2) is 47.4 Å². The van der Waals surface area contributed by atoms with Gasteiger partial charge in [-0.3, -0.25) is 0 Å². The summed E-state index contributed by atoms with van der Waals surface area (Å²) in [6.45, 7) is 5.44. The molecule has 0 heterocycles. The Labute approximate surface area is 178 Å². The van der Waals surface area contributed by atoms with Gasteiger partial charge >= 0.3 is 0 Å². The predicted octanol–water partition coefficient (Wildman–Crippen LogP) is 2.93. The van der Waals surface area contributed by atoms with Crippen LogP contribution in [0.3, 0.4) is 0 Å². The van der Waals surface area contributed by atoms with Crippen LogP contribution < -0.4 is 5.73 Å². The molecule has 2 atom stereocenters. The SMILES string of the molecule is Cc1cc(S(=O)(=O)N(CC(C)C)C[C@@H](O)[C@@H](N)Cc2ccccc2)c(Cl)cc1O. The van der Waals surface area contributed by atoms with Crippen LogP contribution in [0.25, 0.3) is 0 Å². The third-order valence-electron chi connectivity index (χ3n) is 4.64. The average molecular weight is 441 g/mol. The summed E-state index contributed by atoms with van der Waals surface area (Å²) < 4.78 is 27.8. The molecule has 0 fully saturated rings. The minimum atomic E-state index is -3.99. The molecule has 0 spiro atoms. The third-order valence-corrected chi connectivity index (χ3v) is 6.93. The van der Waals surface area contributed by atoms with Crippen molar-refractivity contribution >= 4 is 21.6 Å². The van der Waals surface area contributed by atoms with Crippen LogP contribution in [-0.2, 0) is 16.4 Å². The van der Waals surface area contributed by atoms with Crippen molar-refractivity contribution in [1.82, 2.24) is 4.31 Å². The molecular formula is C21H29ClN2O4S. The fourth-order valence-corrected chi connectivity index (χ4v) is 5.23. The monoisotopic (exact) mass is 440 g/mol. The molecule has 0 aromatic heterocycles. The lowest BCUT2D eigenvalue weighted by atomic mass is 10.0. The van der Waals surface area contributed by atoms with Crippen molar-refractivity contribution in [3.05, 3.63) is 58.6 Å². The first kappa shape index (κ1) is 23.6. The first-order chi connectivity index (χ1) is 13.5. The van der Waals surface area contributed by atoms with Crippen molar-refractivity contribution in [2.45, 2.75) is 44.2 Å². The van der Waals surface area contributed by atoms with Crippen molar-refractivity contribution in [2.24, 2.45) is 11.7 Å². The van der Waals surface area contributed by atoms with E-state index in [1.54, 1.807) is 6.92 Å². The molecule has 160 valence electrons. The summed E-state index contributed by atoms with van der Waals surface area (Å²) in [5.74, 6) is -0.0476. The maximum Gasteiger partial charge on any atom is 0.244 e. The standard InChI is InChI=1S/C21H29ClN2O4S/c1-14(2)12-24(13-20(26)18(23)10-16-7-5-4-6-8-16)29(27,28)21-9-15(3)19(25)11-17(21)22/h4-9,11,14,18,20,25-26H,10,12-13,23H2,1-3H3/t18-,20+/m0/s1. The molecule has 0 aliphatic heterocycles. The number of sulfonamides is 1. The van der Waals surface area contributed by atoms with Gasteiger partial charge in [-0.1, -0.05) is 55.8 Å². The molecule has 29 heavy (non-hydrogen) atoms. The van der Waals surface area contributed by atoms with Gasteiger partial charge < -0.3 is 15.9 Å². The summed E-state index contributed by atoms with van der Waals surface area (Å²) in [6.07, 6.45) is -0.628. The summed E-state index contributed by atoms with van der Waals surface area (Å²) in [6, 6.07) is 11.4. The second kappa shape index (κ2) is 9.91. The molecule has 2 aromatic carbocycles. The minimum Gasteiger partial charge on any atom is -0.508 e. The van der Waals surface area contributed by atoms with Crippen LogP contribution in [-0.4, -0.2) is 48.2 Å². The van der Waals surface area contributed by atoms with Gasteiger partial charge in [-0.25, -0.2) is 8.42 Å². The maximum atomic E-state index is 13.3. The number of hydrogen-bond acceptors (Lipinski definition) is 5. The number of nitrogens with zero attached hydrogens (tertiary/aromatic N) is 1. The van der Waals surface area contributed by atoms with Crippen molar-refractivity contribution < 1.29 is 18.6 Å². The molecule has 6 nitrogen and oxygen atoms in total. The first-order valence-electron chi connectivity index (χ1n) is 9.49. The molecule has 0 saturated carbocycles. The van der Waals surface area contributed by atoms with Crippen molar-refractivity contribution in [3.8, 4) is 5.75 Å². The number of halogens is 1. The van der Waals surface area contributed by atoms with Gasteiger partial charge in [0.1, 0.15) is 10.6 Å². The number of aliphatic hydroxyl groups excluding tert-OH is 1. The Morgan fingerprint density at radius 2 is 1.76 bits per heavy atom. The highest BCUT2D eigenvalue weighted by atomic mass is 35.5. The molecule has 0 amide bonds. The molecule has 0 aliphatic rings. The number of aryl methyl sites for hydroxylation is 1. The Morgan fingerprint density at radius 1 is 1.14 bits per heavy atom. The number of aromatic hydroxyl groups is 1. The van der Waals surface area contributed by atoms with Crippen LogP contribution in [0.5, 0.6) is 5.75 Å². The number of aliphatic hydroxyl groups is 1. The highest BCUT2D eigenvalue weighted by Crippen LogP contribution is 2.31. The summed E-state index contributed by atoms with van der Waals surface area (Å²) in [5.41, 5.74) is 7.52. The van der Waals surface area contributed by atoms with Crippen molar-refractivity contribution in [1.29, 1.82) is 0 Å². The van der Waals surface area contributed by atoms with Gasteiger partial charge in [0.25, 0.3) is 0 Å². The molecule has 0 bridgehead atoms. The van der Waals surface area contributed by atoms with E-state index in [0.717, 1.165) is 5.56 Å². The van der Waals surface area contributed by atoms with Crippen molar-refractivity contribution in [2.75, 3.05) is 13.1 Å². The van der Waals surface area contributed by atoms with Crippen LogP contribution in [0.2, 0.25) is 5.02 Å². The minimum absolute atomic E-state index is 0.0271. The van der Waals surface area contributed by atoms with E-state index in [4.69, 9.17) is 17.3 Å². The zero-order chi connectivity index (χ0) is 21.8. The lowest BCUT2D eigenvalue weighted by molar-refractivity contribution is 0.116. The van der Waals surface area contributed by atoms with Gasteiger partial charge in [-0.2, -0.15) is 4.31 Å². The number of nitrogens with two attached hydrogens (primary N) is 1. The van der Waals surface area contributed by atoms with Crippen LogP contribution >= 0.6 is 11.6 Å². The molecule has 0 radical (unpaired) electrons. The summed E-state index contributed by atoms with van der Waals surface area (Å²) >= 11 is 6.12. The van der Waals surface area contributed by atoms with Gasteiger partial charge in [0.15, 0.2) is 0 Å². The highest BCUT2D eigenvalue weighted by molar-refractivity contribution is 7.89. The van der Waals surface area contributed by atoms with Gasteiger partial charge in [0, 0.05) is 25.2 Å². The molecule has 8 heteroatoms. The molecule has 2 aromatic rings. The second-order valence-electron chi connectivity index (χ2n) is 7.71. The Bertz CT molecular complexity index is 920. The molecule has 0 unspecified atom stereocenters. The lowest BCUT2D eigenvalue weighted by Crippen LogP contribution is -2.47. The van der Waals surface area contributed by atoms with E-state index >= 15 is 0 Å². The zero-order valence-corrected chi connectivity index (χ0v) is 18.5. The van der Waals surface area contributed by atoms with Crippen molar-refractivity contribution in [3.63, 3.8) is 0 Å². The van der Waals surface area contributed by atoms with E-state index in [1.807, 2.05) is 44.2 Å². The maximum absolute atomic E-state index is 13.3. The number of phenolic OH excluding ortho intramolecular Hbond substituents is 1. The van der Waals surface area contributed by atoms with E-state index < -0.39 is 22.2 Å². The Hall–Kier alpha value is -1.64. The summed E-state index contributed by atoms with van der Waals surface area (Å²) in [5, 5.41) is 20.4. The number of phenols is 1. The van der Waals surface area contributed by atoms with Crippen LogP contribution in [0, 0.1) is 12.8 Å². The lowest BCUT2D eigenvalue weighted by Gasteiger charge is -2.29. The molecular weight excluding hydrogens is 412 g/mol. The normalized spacial score (nSPS) is 14.3. The molecule has 0 saturated heterocycles. The quantitative estimate of drug-likeness (QED) is 0.556. The van der Waals surface area contributed by atoms with Gasteiger partial charge in [0.2, 0.25) is 10.0 Å². The number of hydrogen-bond donors (Lipinski definition) is 3. The van der Waals surface area contributed by atoms with Crippen LogP contribution in [0.1, 0.15) is 25.0 Å². The van der Waals surface area contributed by atoms with Gasteiger partial charge in [-0.15, -0.1) is 0 Å². The Balaban J connectivity index is 2.27. The van der Waals surface area contributed by atoms with Gasteiger partial charge in [-0.05, 0) is 36.5 Å². The average Bonchev–Trinajstić information content (AvgIpc) is 2.64. The number of benzene rings is 2. The number of rotatable bonds is 9. The zero-order valence-electron chi connectivity index (χ0n) is 16.9. The smallest absolute Gasteiger partial charge is 0.244 e. The van der Waals surface area contributed by atoms with E-state index in [0.29, 0.717) is 12.0 Å². The van der Waals surface area contributed by atoms with Gasteiger partial charge in [0.05, 0.1) is 11.1 Å². The summed E-state index contributed by atoms with van der Waals surface area (Å²) in [7, 11) is -3.99. The Kier molecular flexibility index (Phi) is 8.08. The highest BCUT2D eigenvalue weighted by Gasteiger charge is 2.31. The molecule has 4 N–H and O–H groups in total. The van der Waals surface area contributed by atoms with E-state index in [2.05, 4.69) is 0 Å². The second-order valence-corrected chi connectivity index (χ2v) is 10.0. The summed E-state index contributed by atoms with van der Waals surface area (Å²) in [4.78, 5) is -0.0982. The van der Waals surface area contributed by atoms with Crippen LogP contribution in [0.4, 0.5) is 0 Å². The Morgan fingerprint density at radius 3 is 2.34 bits per heavy atom. The largest absolute Gasteiger partial charge is 0.508 e. The predicted molar refractivity (Wildman–Crippen MR) is 116 cm³/mol. The third kappa shape index (κ3) is 6.17. The fourth-order valence-electron chi connectivity index (χ4n) is 3.03. The molecule has 0 aliphatic carbocycles. The topological polar surface area (TPSA) is 104 Å². The first-order valence-corrected chi connectivity index (χ1v) is 11.3. The fraction of sp³-hybridized carbons (Fsp3) is 0.429. The van der Waals surface area contributed by atoms with E-state index in [9.17, 15) is 18.6 Å². The van der Waals surface area contributed by atoms with E-state index in [-0.39, 0.29) is 34.7 Å². The van der Waals surface area contributed by atoms with E-state index in [1.165, 1.54) is 16.4 Å².